The number of amides is 7. The van der Waals surface area contributed by atoms with Gasteiger partial charge in [0.15, 0.2) is 0 Å². The van der Waals surface area contributed by atoms with Crippen LogP contribution in [0.4, 0.5) is 5.69 Å². The van der Waals surface area contributed by atoms with Gasteiger partial charge in [-0.15, -0.1) is 0 Å². The lowest BCUT2D eigenvalue weighted by Crippen LogP contribution is -2.61. The number of aromatic hydroxyl groups is 1. The van der Waals surface area contributed by atoms with E-state index in [9.17, 15) is 48.6 Å². The van der Waals surface area contributed by atoms with Gasteiger partial charge >= 0.3 is 5.97 Å². The van der Waals surface area contributed by atoms with E-state index in [1.807, 2.05) is 0 Å². The lowest BCUT2D eigenvalue weighted by molar-refractivity contribution is -0.139. The van der Waals surface area contributed by atoms with E-state index in [4.69, 9.17) is 17.2 Å². The van der Waals surface area contributed by atoms with Gasteiger partial charge in [-0.1, -0.05) is 52.0 Å². The number of carbonyl (C=O) groups excluding carboxylic acids is 7. The number of nitrogens with one attached hydrogen (secondary N) is 6. The third-order valence-electron chi connectivity index (χ3n) is 8.74. The lowest BCUT2D eigenvalue weighted by Gasteiger charge is -2.29. The average molecular weight is 798 g/mol. The predicted octanol–water partition coefficient (Wildman–Crippen LogP) is -1.69. The number of primary amides is 1. The van der Waals surface area contributed by atoms with Crippen LogP contribution in [-0.4, -0.2) is 100 Å². The summed E-state index contributed by atoms with van der Waals surface area (Å²) in [6.07, 6.45) is -0.976. The van der Waals surface area contributed by atoms with Crippen LogP contribution in [0, 0.1) is 11.8 Å². The van der Waals surface area contributed by atoms with E-state index in [0.29, 0.717) is 16.8 Å². The number of nitrogens with two attached hydrogens (primary N) is 3. The molecule has 7 amide bonds. The van der Waals surface area contributed by atoms with Crippen LogP contribution in [0.3, 0.4) is 0 Å². The summed E-state index contributed by atoms with van der Waals surface area (Å²) in [6.45, 7) is 7.45. The van der Waals surface area contributed by atoms with E-state index in [2.05, 4.69) is 31.9 Å². The van der Waals surface area contributed by atoms with Gasteiger partial charge in [0.1, 0.15) is 36.0 Å². The highest BCUT2D eigenvalue weighted by atomic mass is 16.4. The monoisotopic (exact) mass is 797 g/mol. The standard InChI is InChI=1S/C38H55N9O10/c1-19(2)31(37(56)42-18-29(41)49)47-38(57)32(20(3)4)46-35(54)27(14-15-30(50)51)44-36(55)28(17-23-6-10-24(39)11-7-23)45-33(52)21(5)43-34(53)26(40)16-22-8-12-25(48)13-9-22/h6-13,19-21,26-28,31-32,48H,14-18,39-40H2,1-5H3,(H2,41,49)(H,42,56)(H,43,53)(H,44,55)(H,45,52)(H,46,54)(H,47,57)(H,50,51)/t21-,26+,27+,28+,31+,32+/m1/s1. The molecule has 0 radical (unpaired) electrons. The summed E-state index contributed by atoms with van der Waals surface area (Å²) in [4.78, 5) is 103. The Balaban J connectivity index is 2.29. The Bertz CT molecular complexity index is 1740. The zero-order valence-electron chi connectivity index (χ0n) is 32.7. The first-order valence-electron chi connectivity index (χ1n) is 18.4. The second-order valence-electron chi connectivity index (χ2n) is 14.4. The summed E-state index contributed by atoms with van der Waals surface area (Å²) >= 11 is 0. The van der Waals surface area contributed by atoms with Gasteiger partial charge in [-0.3, -0.25) is 38.4 Å². The van der Waals surface area contributed by atoms with Crippen LogP contribution in [0.1, 0.15) is 58.6 Å². The number of aliphatic carboxylic acids is 1. The molecule has 14 N–H and O–H groups in total. The van der Waals surface area contributed by atoms with Crippen molar-refractivity contribution in [3.63, 3.8) is 0 Å². The van der Waals surface area contributed by atoms with Crippen molar-refractivity contribution in [3.8, 4) is 5.75 Å². The van der Waals surface area contributed by atoms with Crippen molar-refractivity contribution in [3.05, 3.63) is 59.7 Å². The quantitative estimate of drug-likeness (QED) is 0.0595. The van der Waals surface area contributed by atoms with Crippen LogP contribution in [0.15, 0.2) is 48.5 Å². The molecule has 0 aliphatic heterocycles. The van der Waals surface area contributed by atoms with Gasteiger partial charge < -0.3 is 59.3 Å². The van der Waals surface area contributed by atoms with E-state index < -0.39 is 115 Å². The molecule has 312 valence electrons. The van der Waals surface area contributed by atoms with Gasteiger partial charge in [0.05, 0.1) is 12.6 Å². The lowest BCUT2D eigenvalue weighted by atomic mass is 9.99. The van der Waals surface area contributed by atoms with E-state index in [0.717, 1.165) is 0 Å². The molecule has 6 atom stereocenters. The van der Waals surface area contributed by atoms with Gasteiger partial charge in [-0.05, 0) is 67.0 Å². The van der Waals surface area contributed by atoms with Crippen LogP contribution < -0.4 is 49.1 Å². The van der Waals surface area contributed by atoms with Crippen molar-refractivity contribution in [2.75, 3.05) is 12.3 Å². The largest absolute Gasteiger partial charge is 0.508 e. The predicted molar refractivity (Wildman–Crippen MR) is 208 cm³/mol. The van der Waals surface area contributed by atoms with Crippen LogP contribution in [0.25, 0.3) is 0 Å². The zero-order chi connectivity index (χ0) is 43.0. The van der Waals surface area contributed by atoms with Gasteiger partial charge in [0, 0.05) is 18.5 Å². The molecule has 0 bridgehead atoms. The molecule has 0 spiro atoms. The first kappa shape index (κ1) is 46.9. The third-order valence-corrected chi connectivity index (χ3v) is 8.74. The van der Waals surface area contributed by atoms with Crippen molar-refractivity contribution in [2.24, 2.45) is 23.3 Å². The first-order valence-corrected chi connectivity index (χ1v) is 18.4. The Morgan fingerprint density at radius 1 is 0.614 bits per heavy atom. The molecule has 19 heteroatoms. The fourth-order valence-electron chi connectivity index (χ4n) is 5.42. The molecule has 2 aromatic carbocycles. The fourth-order valence-corrected chi connectivity index (χ4v) is 5.42. The Hall–Kier alpha value is -6.24. The molecule has 0 fully saturated rings. The van der Waals surface area contributed by atoms with Gasteiger partial charge in [-0.2, -0.15) is 0 Å². The average Bonchev–Trinajstić information content (AvgIpc) is 3.14. The summed E-state index contributed by atoms with van der Waals surface area (Å²) in [7, 11) is 0. The highest BCUT2D eigenvalue weighted by Crippen LogP contribution is 2.13. The molecule has 2 aromatic rings. The van der Waals surface area contributed by atoms with E-state index in [1.54, 1.807) is 64.1 Å². The summed E-state index contributed by atoms with van der Waals surface area (Å²) < 4.78 is 0. The number of carboxylic acids is 1. The van der Waals surface area contributed by atoms with E-state index in [-0.39, 0.29) is 18.6 Å². The topological polar surface area (TPSA) is 327 Å². The van der Waals surface area contributed by atoms with Crippen molar-refractivity contribution in [2.45, 2.75) is 96.6 Å². The molecule has 0 aromatic heterocycles. The Kier molecular flexibility index (Phi) is 18.4. The fraction of sp³-hybridized carbons (Fsp3) is 0.474. The molecule has 0 saturated carbocycles. The van der Waals surface area contributed by atoms with Crippen LogP contribution in [0.2, 0.25) is 0 Å². The molecule has 57 heavy (non-hydrogen) atoms. The van der Waals surface area contributed by atoms with Crippen LogP contribution in [-0.2, 0) is 51.2 Å². The highest BCUT2D eigenvalue weighted by molar-refractivity contribution is 5.97. The summed E-state index contributed by atoms with van der Waals surface area (Å²) in [5, 5.41) is 34.0. The molecule has 0 unspecified atom stereocenters. The van der Waals surface area contributed by atoms with Crippen LogP contribution in [0.5, 0.6) is 5.75 Å². The zero-order valence-corrected chi connectivity index (χ0v) is 32.7. The number of anilines is 1. The van der Waals surface area contributed by atoms with Gasteiger partial charge in [0.2, 0.25) is 41.4 Å². The molecule has 0 heterocycles. The molecule has 0 saturated heterocycles. The molecular formula is C38H55N9O10. The summed E-state index contributed by atoms with van der Waals surface area (Å²) in [5.41, 5.74) is 18.6. The van der Waals surface area contributed by atoms with Crippen molar-refractivity contribution < 1.29 is 48.6 Å². The smallest absolute Gasteiger partial charge is 0.303 e. The number of carbonyl (C=O) groups is 8. The second kappa shape index (κ2) is 22.3. The number of phenols is 1. The minimum absolute atomic E-state index is 0.0404. The third kappa shape index (κ3) is 16.2. The van der Waals surface area contributed by atoms with Crippen LogP contribution >= 0.6 is 0 Å². The maximum Gasteiger partial charge on any atom is 0.303 e. The van der Waals surface area contributed by atoms with Gasteiger partial charge in [-0.25, -0.2) is 0 Å². The number of hydrogen-bond donors (Lipinski definition) is 11. The maximum atomic E-state index is 13.9. The first-order chi connectivity index (χ1) is 26.7. The number of benzene rings is 2. The van der Waals surface area contributed by atoms with E-state index in [1.165, 1.54) is 19.1 Å². The highest BCUT2D eigenvalue weighted by Gasteiger charge is 2.34. The summed E-state index contributed by atoms with van der Waals surface area (Å²) in [5.74, 6) is -7.72. The molecule has 0 aliphatic carbocycles. The van der Waals surface area contributed by atoms with Crippen molar-refractivity contribution >= 4 is 53.0 Å². The molecule has 19 nitrogen and oxygen atoms in total. The van der Waals surface area contributed by atoms with Gasteiger partial charge in [0.25, 0.3) is 0 Å². The minimum Gasteiger partial charge on any atom is -0.508 e. The number of hydrogen-bond acceptors (Lipinski definition) is 11. The SMILES string of the molecule is CC(C)[C@H](NC(=O)[C@H](CCC(=O)O)NC(=O)[C@H](Cc1ccc(N)cc1)NC(=O)[C@@H](C)NC(=O)[C@@H](N)Cc1ccc(O)cc1)C(=O)N[C@H](C(=O)NCC(N)=O)C(C)C. The maximum absolute atomic E-state index is 13.9. The molecule has 2 rings (SSSR count). The Morgan fingerprint density at radius 3 is 1.65 bits per heavy atom. The number of phenolic OH excluding ortho intramolecular Hbond substituents is 1. The normalized spacial score (nSPS) is 14.2. The molecular weight excluding hydrogens is 742 g/mol. The van der Waals surface area contributed by atoms with Crippen molar-refractivity contribution in [1.82, 2.24) is 31.9 Å². The Labute approximate surface area is 330 Å². The molecule has 0 aliphatic rings. The number of nitrogen functional groups attached to an aromatic ring is 1. The number of carboxylic acid groups (broad SMARTS) is 1. The number of rotatable bonds is 22. The Morgan fingerprint density at radius 2 is 1.11 bits per heavy atom. The van der Waals surface area contributed by atoms with E-state index >= 15 is 0 Å². The van der Waals surface area contributed by atoms with Crippen molar-refractivity contribution in [1.29, 1.82) is 0 Å². The summed E-state index contributed by atoms with van der Waals surface area (Å²) in [6, 6.07) is 4.99. The minimum atomic E-state index is -1.51. The second-order valence-corrected chi connectivity index (χ2v) is 14.4.